The molecule has 0 saturated heterocycles. The molecule has 1 atom stereocenters. The molecule has 1 N–H and O–H groups in total. The molecule has 0 aliphatic rings. The molecule has 0 saturated carbocycles. The second-order valence-electron chi connectivity index (χ2n) is 3.57. The van der Waals surface area contributed by atoms with Gasteiger partial charge >= 0.3 is 0 Å². The Hall–Kier alpha value is -1.96. The normalized spacial score (nSPS) is 10.4. The van der Waals surface area contributed by atoms with Crippen molar-refractivity contribution in [1.29, 1.82) is 5.26 Å². The fourth-order valence-electron chi connectivity index (χ4n) is 1.72. The fraction of sp³-hybridized carbons (Fsp3) is 0. The molecular weight excluding hydrogens is 265 g/mol. The number of rotatable bonds is 2. The average Bonchev–Trinajstić information content (AvgIpc) is 3.05. The third kappa shape index (κ3) is 1.65. The van der Waals surface area contributed by atoms with Crippen LogP contribution in [0.2, 0.25) is 0 Å². The highest BCUT2D eigenvalue weighted by molar-refractivity contribution is 7.22. The maximum absolute atomic E-state index is 9.11. The summed E-state index contributed by atoms with van der Waals surface area (Å²) in [5, 5.41) is 14.0. The Bertz CT molecular complexity index is 741. The van der Waals surface area contributed by atoms with Crippen molar-refractivity contribution in [3.05, 3.63) is 36.5 Å². The van der Waals surface area contributed by atoms with Gasteiger partial charge in [0, 0.05) is 24.0 Å². The van der Waals surface area contributed by atoms with Crippen molar-refractivity contribution < 1.29 is 0 Å². The number of pyridine rings is 1. The minimum Gasteiger partial charge on any atom is -0.354 e. The van der Waals surface area contributed by atoms with Gasteiger partial charge < -0.3 is 5.09 Å². The number of hydrogen-bond acceptors (Lipinski definition) is 5. The van der Waals surface area contributed by atoms with Crippen molar-refractivity contribution >= 4 is 36.6 Å². The summed E-state index contributed by atoms with van der Waals surface area (Å²) in [6, 6.07) is 4.17. The summed E-state index contributed by atoms with van der Waals surface area (Å²) in [5.41, 5.74) is 0.588. The first kappa shape index (κ1) is 11.1. The van der Waals surface area contributed by atoms with Crippen LogP contribution < -0.4 is 5.09 Å². The Morgan fingerprint density at radius 1 is 1.50 bits per heavy atom. The summed E-state index contributed by atoms with van der Waals surface area (Å²) in [5.74, 6) is 0.747. The number of imidazole rings is 1. The van der Waals surface area contributed by atoms with Crippen molar-refractivity contribution in [1.82, 2.24) is 14.5 Å². The highest BCUT2D eigenvalue weighted by atomic mass is 32.1. The SMILES string of the molecule is N#Cc1cnc(NP)c2cc(-n3ccnc3)sc12. The molecule has 0 aliphatic carbocycles. The minimum absolute atomic E-state index is 0.588. The summed E-state index contributed by atoms with van der Waals surface area (Å²) in [6.07, 6.45) is 6.92. The van der Waals surface area contributed by atoms with Gasteiger partial charge in [0.05, 0.1) is 16.6 Å². The van der Waals surface area contributed by atoms with Crippen molar-refractivity contribution in [3.63, 3.8) is 0 Å². The van der Waals surface area contributed by atoms with Crippen molar-refractivity contribution in [2.24, 2.45) is 0 Å². The molecule has 3 aromatic rings. The molecule has 3 heterocycles. The zero-order chi connectivity index (χ0) is 12.5. The van der Waals surface area contributed by atoms with Crippen LogP contribution in [-0.4, -0.2) is 14.5 Å². The predicted octanol–water partition coefficient (Wildman–Crippen LogP) is 2.56. The van der Waals surface area contributed by atoms with E-state index in [0.717, 1.165) is 20.9 Å². The highest BCUT2D eigenvalue weighted by Crippen LogP contribution is 2.34. The molecule has 0 amide bonds. The van der Waals surface area contributed by atoms with Crippen LogP contribution in [0.5, 0.6) is 0 Å². The van der Waals surface area contributed by atoms with Gasteiger partial charge in [0.2, 0.25) is 0 Å². The van der Waals surface area contributed by atoms with Gasteiger partial charge in [-0.2, -0.15) is 5.26 Å². The van der Waals surface area contributed by atoms with E-state index in [9.17, 15) is 0 Å². The topological polar surface area (TPSA) is 66.5 Å². The van der Waals surface area contributed by atoms with E-state index in [1.807, 2.05) is 16.8 Å². The van der Waals surface area contributed by atoms with Gasteiger partial charge in [-0.1, -0.05) is 0 Å². The third-order valence-electron chi connectivity index (χ3n) is 2.56. The number of thiophene rings is 1. The molecule has 5 nitrogen and oxygen atoms in total. The van der Waals surface area contributed by atoms with Gasteiger partial charge in [0.25, 0.3) is 0 Å². The van der Waals surface area contributed by atoms with E-state index in [0.29, 0.717) is 5.56 Å². The number of nitrogens with one attached hydrogen (secondary N) is 1. The number of nitrogens with zero attached hydrogens (tertiary/aromatic N) is 4. The number of fused-ring (bicyclic) bond motifs is 1. The van der Waals surface area contributed by atoms with E-state index in [4.69, 9.17) is 5.26 Å². The van der Waals surface area contributed by atoms with E-state index in [-0.39, 0.29) is 0 Å². The van der Waals surface area contributed by atoms with Crippen molar-refractivity contribution in [3.8, 4) is 11.1 Å². The maximum atomic E-state index is 9.11. The fourth-order valence-corrected chi connectivity index (χ4v) is 3.03. The summed E-state index contributed by atoms with van der Waals surface area (Å²) < 4.78 is 2.85. The lowest BCUT2D eigenvalue weighted by atomic mass is 10.2. The molecule has 0 aliphatic heterocycles. The summed E-state index contributed by atoms with van der Waals surface area (Å²) in [7, 11) is 2.42. The molecule has 3 aromatic heterocycles. The van der Waals surface area contributed by atoms with Crippen LogP contribution in [0.3, 0.4) is 0 Å². The van der Waals surface area contributed by atoms with Crippen LogP contribution in [0.4, 0.5) is 5.82 Å². The lowest BCUT2D eigenvalue weighted by Gasteiger charge is -2.00. The van der Waals surface area contributed by atoms with Gasteiger partial charge in [-0.25, -0.2) is 9.97 Å². The van der Waals surface area contributed by atoms with Crippen molar-refractivity contribution in [2.75, 3.05) is 5.09 Å². The number of hydrogen-bond donors (Lipinski definition) is 1. The summed E-state index contributed by atoms with van der Waals surface area (Å²) in [6.45, 7) is 0. The zero-order valence-electron chi connectivity index (χ0n) is 9.16. The first-order valence-electron chi connectivity index (χ1n) is 5.11. The van der Waals surface area contributed by atoms with Gasteiger partial charge in [-0.3, -0.25) is 4.57 Å². The molecular formula is C11H8N5PS. The lowest BCUT2D eigenvalue weighted by molar-refractivity contribution is 1.09. The molecule has 7 heteroatoms. The van der Waals surface area contributed by atoms with Crippen LogP contribution in [0.15, 0.2) is 31.0 Å². The monoisotopic (exact) mass is 273 g/mol. The van der Waals surface area contributed by atoms with Gasteiger partial charge in [-0.15, -0.1) is 11.3 Å². The number of aromatic nitrogens is 3. The average molecular weight is 273 g/mol. The van der Waals surface area contributed by atoms with Gasteiger partial charge in [0.15, 0.2) is 0 Å². The van der Waals surface area contributed by atoms with Crippen LogP contribution in [-0.2, 0) is 0 Å². The Morgan fingerprint density at radius 2 is 2.39 bits per heavy atom. The van der Waals surface area contributed by atoms with Crippen LogP contribution in [0, 0.1) is 11.3 Å². The lowest BCUT2D eigenvalue weighted by Crippen LogP contribution is -1.87. The maximum Gasteiger partial charge on any atom is 0.137 e. The number of anilines is 1. The van der Waals surface area contributed by atoms with Crippen LogP contribution in [0.25, 0.3) is 15.1 Å². The molecule has 0 radical (unpaired) electrons. The Balaban J connectivity index is 2.31. The zero-order valence-corrected chi connectivity index (χ0v) is 11.1. The van der Waals surface area contributed by atoms with E-state index in [2.05, 4.69) is 30.5 Å². The molecule has 0 spiro atoms. The minimum atomic E-state index is 0.588. The molecule has 0 fully saturated rings. The first-order valence-corrected chi connectivity index (χ1v) is 6.50. The van der Waals surface area contributed by atoms with E-state index in [1.54, 1.807) is 30.1 Å². The molecule has 0 bridgehead atoms. The molecule has 18 heavy (non-hydrogen) atoms. The highest BCUT2D eigenvalue weighted by Gasteiger charge is 2.11. The third-order valence-corrected chi connectivity index (χ3v) is 4.01. The smallest absolute Gasteiger partial charge is 0.137 e. The molecule has 3 rings (SSSR count). The first-order chi connectivity index (χ1) is 8.83. The summed E-state index contributed by atoms with van der Waals surface area (Å²) >= 11 is 1.55. The second kappa shape index (κ2) is 4.37. The predicted molar refractivity (Wildman–Crippen MR) is 74.8 cm³/mol. The molecule has 1 unspecified atom stereocenters. The Kier molecular flexibility index (Phi) is 2.71. The largest absolute Gasteiger partial charge is 0.354 e. The van der Waals surface area contributed by atoms with E-state index < -0.39 is 0 Å². The van der Waals surface area contributed by atoms with Crippen molar-refractivity contribution in [2.45, 2.75) is 0 Å². The Labute approximate surface area is 109 Å². The van der Waals surface area contributed by atoms with E-state index in [1.165, 1.54) is 0 Å². The quantitative estimate of drug-likeness (QED) is 0.729. The number of nitriles is 1. The molecule has 88 valence electrons. The Morgan fingerprint density at radius 3 is 3.06 bits per heavy atom. The summed E-state index contributed by atoms with van der Waals surface area (Å²) in [4.78, 5) is 8.24. The standard InChI is InChI=1S/C11H8N5PS/c12-4-7-5-14-11(15-17)8-3-9(18-10(7)8)16-2-1-13-6-16/h1-3,5-6H,17H2,(H,14,15). The second-order valence-corrected chi connectivity index (χ2v) is 4.89. The van der Waals surface area contributed by atoms with Crippen LogP contribution >= 0.6 is 20.7 Å². The van der Waals surface area contributed by atoms with Gasteiger partial charge in [0.1, 0.15) is 16.9 Å². The van der Waals surface area contributed by atoms with Crippen LogP contribution in [0.1, 0.15) is 5.56 Å². The van der Waals surface area contributed by atoms with E-state index >= 15 is 0 Å². The molecule has 0 aromatic carbocycles. The van der Waals surface area contributed by atoms with Gasteiger partial charge in [-0.05, 0) is 15.5 Å².